The Morgan fingerprint density at radius 1 is 1.38 bits per heavy atom. The van der Waals surface area contributed by atoms with Crippen molar-refractivity contribution in [1.82, 2.24) is 0 Å². The zero-order chi connectivity index (χ0) is 15.3. The molecular formula is C17H24BrNO2. The molecule has 1 saturated carbocycles. The van der Waals surface area contributed by atoms with Crippen LogP contribution in [0.1, 0.15) is 46.0 Å². The number of halogens is 1. The van der Waals surface area contributed by atoms with E-state index in [-0.39, 0.29) is 5.97 Å². The topological polar surface area (TPSA) is 38.3 Å². The molecule has 1 aromatic carbocycles. The van der Waals surface area contributed by atoms with Gasteiger partial charge in [-0.15, -0.1) is 0 Å². The van der Waals surface area contributed by atoms with Gasteiger partial charge in [0.2, 0.25) is 0 Å². The minimum atomic E-state index is -0.567. The Morgan fingerprint density at radius 2 is 2.10 bits per heavy atom. The molecule has 0 atom stereocenters. The summed E-state index contributed by atoms with van der Waals surface area (Å²) < 4.78 is 6.35. The molecular weight excluding hydrogens is 330 g/mol. The number of nitrogens with one attached hydrogen (secondary N) is 1. The highest BCUT2D eigenvalue weighted by molar-refractivity contribution is 9.10. The number of esters is 1. The third kappa shape index (κ3) is 4.00. The molecule has 0 amide bonds. The summed E-state index contributed by atoms with van der Waals surface area (Å²) in [6.07, 6.45) is 5.04. The fraction of sp³-hybridized carbons (Fsp3) is 0.588. The zero-order valence-electron chi connectivity index (χ0n) is 12.8. The first-order chi connectivity index (χ1) is 10.1. The van der Waals surface area contributed by atoms with E-state index in [1.807, 2.05) is 31.2 Å². The third-order valence-electron chi connectivity index (χ3n) is 4.41. The van der Waals surface area contributed by atoms with E-state index >= 15 is 0 Å². The highest BCUT2D eigenvalue weighted by Gasteiger charge is 2.42. The van der Waals surface area contributed by atoms with E-state index in [1.54, 1.807) is 0 Å². The van der Waals surface area contributed by atoms with Crippen molar-refractivity contribution in [2.24, 2.45) is 5.92 Å². The van der Waals surface area contributed by atoms with Gasteiger partial charge in [-0.2, -0.15) is 0 Å². The summed E-state index contributed by atoms with van der Waals surface area (Å²) in [4.78, 5) is 12.5. The summed E-state index contributed by atoms with van der Waals surface area (Å²) in [5.41, 5.74) is 0.398. The summed E-state index contributed by atoms with van der Waals surface area (Å²) in [5.74, 6) is 0.622. The molecule has 4 heteroatoms. The molecule has 0 radical (unpaired) electrons. The summed E-state index contributed by atoms with van der Waals surface area (Å²) >= 11 is 3.48. The van der Waals surface area contributed by atoms with Gasteiger partial charge in [0.1, 0.15) is 5.54 Å². The number of carbonyl (C=O) groups excluding carboxylic acids is 1. The van der Waals surface area contributed by atoms with Gasteiger partial charge in [-0.3, -0.25) is 0 Å². The van der Waals surface area contributed by atoms with Crippen LogP contribution in [0.3, 0.4) is 0 Å². The Labute approximate surface area is 135 Å². The molecule has 116 valence electrons. The Balaban J connectivity index is 2.18. The van der Waals surface area contributed by atoms with Crippen molar-refractivity contribution >= 4 is 27.6 Å². The summed E-state index contributed by atoms with van der Waals surface area (Å²) in [6, 6.07) is 7.96. The molecule has 21 heavy (non-hydrogen) atoms. The monoisotopic (exact) mass is 353 g/mol. The van der Waals surface area contributed by atoms with Crippen molar-refractivity contribution < 1.29 is 9.53 Å². The summed E-state index contributed by atoms with van der Waals surface area (Å²) in [6.45, 7) is 4.52. The summed E-state index contributed by atoms with van der Waals surface area (Å²) in [5, 5.41) is 3.46. The lowest BCUT2D eigenvalue weighted by Crippen LogP contribution is -2.50. The van der Waals surface area contributed by atoms with Crippen molar-refractivity contribution in [2.45, 2.75) is 51.5 Å². The second-order valence-corrected chi connectivity index (χ2v) is 6.71. The van der Waals surface area contributed by atoms with Crippen molar-refractivity contribution in [2.75, 3.05) is 11.9 Å². The van der Waals surface area contributed by atoms with Gasteiger partial charge in [0.05, 0.1) is 6.61 Å². The van der Waals surface area contributed by atoms with Crippen LogP contribution in [-0.4, -0.2) is 18.1 Å². The molecule has 0 spiro atoms. The van der Waals surface area contributed by atoms with Gasteiger partial charge in [0, 0.05) is 10.2 Å². The van der Waals surface area contributed by atoms with Crippen LogP contribution in [0.25, 0.3) is 0 Å². The van der Waals surface area contributed by atoms with Crippen LogP contribution in [0.4, 0.5) is 5.69 Å². The number of carbonyl (C=O) groups is 1. The Kier molecular flexibility index (Phi) is 5.68. The normalized spacial score (nSPS) is 25.4. The lowest BCUT2D eigenvalue weighted by atomic mass is 9.75. The maximum absolute atomic E-state index is 12.5. The molecule has 1 aromatic rings. The van der Waals surface area contributed by atoms with Crippen LogP contribution in [0.5, 0.6) is 0 Å². The quantitative estimate of drug-likeness (QED) is 0.775. The van der Waals surface area contributed by atoms with E-state index in [0.29, 0.717) is 6.61 Å². The van der Waals surface area contributed by atoms with E-state index in [2.05, 4.69) is 28.2 Å². The van der Waals surface area contributed by atoms with Crippen molar-refractivity contribution in [3.05, 3.63) is 28.7 Å². The van der Waals surface area contributed by atoms with Gasteiger partial charge >= 0.3 is 5.97 Å². The molecule has 1 aliphatic carbocycles. The highest BCUT2D eigenvalue weighted by Crippen LogP contribution is 2.37. The van der Waals surface area contributed by atoms with Gasteiger partial charge < -0.3 is 10.1 Å². The third-order valence-corrected chi connectivity index (χ3v) is 4.90. The molecule has 1 N–H and O–H groups in total. The molecule has 2 rings (SSSR count). The Hall–Kier alpha value is -1.03. The van der Waals surface area contributed by atoms with E-state index < -0.39 is 5.54 Å². The Bertz CT molecular complexity index is 481. The van der Waals surface area contributed by atoms with E-state index in [9.17, 15) is 4.79 Å². The lowest BCUT2D eigenvalue weighted by molar-refractivity contribution is -0.150. The van der Waals surface area contributed by atoms with Gasteiger partial charge in [-0.1, -0.05) is 35.3 Å². The van der Waals surface area contributed by atoms with Crippen molar-refractivity contribution in [1.29, 1.82) is 0 Å². The number of anilines is 1. The average molecular weight is 354 g/mol. The Morgan fingerprint density at radius 3 is 2.67 bits per heavy atom. The minimum absolute atomic E-state index is 0.112. The maximum Gasteiger partial charge on any atom is 0.331 e. The van der Waals surface area contributed by atoms with Crippen LogP contribution in [0.15, 0.2) is 28.7 Å². The van der Waals surface area contributed by atoms with Crippen LogP contribution in [0.2, 0.25) is 0 Å². The van der Waals surface area contributed by atoms with Gasteiger partial charge in [0.15, 0.2) is 0 Å². The predicted molar refractivity (Wildman–Crippen MR) is 89.4 cm³/mol. The first kappa shape index (κ1) is 16.3. The van der Waals surface area contributed by atoms with Crippen LogP contribution < -0.4 is 5.32 Å². The minimum Gasteiger partial charge on any atom is -0.464 e. The first-order valence-corrected chi connectivity index (χ1v) is 8.60. The lowest BCUT2D eigenvalue weighted by Gasteiger charge is -2.39. The standard InChI is InChI=1S/C17H24BrNO2/c1-3-13-8-10-17(11-9-13,16(20)21-4-2)19-15-7-5-6-14(18)12-15/h5-7,12-13,19H,3-4,8-11H2,1-2H3. The predicted octanol–water partition coefficient (Wildman–Crippen LogP) is 4.76. The molecule has 1 fully saturated rings. The highest BCUT2D eigenvalue weighted by atomic mass is 79.9. The van der Waals surface area contributed by atoms with Crippen LogP contribution in [-0.2, 0) is 9.53 Å². The number of rotatable bonds is 5. The molecule has 0 saturated heterocycles. The fourth-order valence-corrected chi connectivity index (χ4v) is 3.47. The number of benzene rings is 1. The first-order valence-electron chi connectivity index (χ1n) is 7.80. The molecule has 0 unspecified atom stereocenters. The number of hydrogen-bond acceptors (Lipinski definition) is 3. The zero-order valence-corrected chi connectivity index (χ0v) is 14.4. The van der Waals surface area contributed by atoms with Gasteiger partial charge in [0.25, 0.3) is 0 Å². The van der Waals surface area contributed by atoms with Gasteiger partial charge in [-0.25, -0.2) is 4.79 Å². The summed E-state index contributed by atoms with van der Waals surface area (Å²) in [7, 11) is 0. The van der Waals surface area contributed by atoms with E-state index in [0.717, 1.165) is 41.8 Å². The molecule has 0 bridgehead atoms. The average Bonchev–Trinajstić information content (AvgIpc) is 2.48. The molecule has 0 aliphatic heterocycles. The second-order valence-electron chi connectivity index (χ2n) is 5.79. The van der Waals surface area contributed by atoms with Crippen molar-refractivity contribution in [3.8, 4) is 0 Å². The molecule has 3 nitrogen and oxygen atoms in total. The SMILES string of the molecule is CCOC(=O)C1(Nc2cccc(Br)c2)CCC(CC)CC1. The molecule has 1 aliphatic rings. The van der Waals surface area contributed by atoms with Gasteiger partial charge in [-0.05, 0) is 56.7 Å². The maximum atomic E-state index is 12.5. The van der Waals surface area contributed by atoms with Crippen LogP contribution in [0, 0.1) is 5.92 Å². The number of hydrogen-bond donors (Lipinski definition) is 1. The smallest absolute Gasteiger partial charge is 0.331 e. The van der Waals surface area contributed by atoms with E-state index in [1.165, 1.54) is 6.42 Å². The van der Waals surface area contributed by atoms with E-state index in [4.69, 9.17) is 4.74 Å². The van der Waals surface area contributed by atoms with Crippen molar-refractivity contribution in [3.63, 3.8) is 0 Å². The molecule has 0 aromatic heterocycles. The number of ether oxygens (including phenoxy) is 1. The fourth-order valence-electron chi connectivity index (χ4n) is 3.07. The largest absolute Gasteiger partial charge is 0.464 e. The van der Waals surface area contributed by atoms with Crippen LogP contribution >= 0.6 is 15.9 Å². The molecule has 0 heterocycles. The second kappa shape index (κ2) is 7.30.